The first kappa shape index (κ1) is 15.6. The summed E-state index contributed by atoms with van der Waals surface area (Å²) in [6.07, 6.45) is 0. The van der Waals surface area contributed by atoms with Crippen LogP contribution in [0.5, 0.6) is 0 Å². The van der Waals surface area contributed by atoms with Gasteiger partial charge in [-0.2, -0.15) is 0 Å². The molecule has 1 N–H and O–H groups in total. The van der Waals surface area contributed by atoms with Crippen LogP contribution in [0.4, 0.5) is 5.69 Å². The highest BCUT2D eigenvalue weighted by atomic mass is 16.6. The number of likely N-dealkylation sites (N-methyl/N-ethyl adjacent to an activating group) is 1. The molecule has 19 heavy (non-hydrogen) atoms. The fraction of sp³-hybridized carbons (Fsp3) is 0.571. The van der Waals surface area contributed by atoms with Crippen LogP contribution in [0.3, 0.4) is 0 Å². The van der Waals surface area contributed by atoms with Gasteiger partial charge in [-0.05, 0) is 20.0 Å². The van der Waals surface area contributed by atoms with Gasteiger partial charge in [0, 0.05) is 30.8 Å². The number of para-hydroxylation sites is 1. The lowest BCUT2D eigenvalue weighted by molar-refractivity contribution is -0.385. The third-order valence-electron chi connectivity index (χ3n) is 3.26. The molecule has 0 fully saturated rings. The van der Waals surface area contributed by atoms with Crippen LogP contribution >= 0.6 is 0 Å². The maximum absolute atomic E-state index is 10.9. The second-order valence-corrected chi connectivity index (χ2v) is 4.65. The lowest BCUT2D eigenvalue weighted by Gasteiger charge is -2.23. The SMILES string of the molecule is CCN(CC)CC(C)NCc1ccccc1[N+](=O)[O-]. The molecule has 5 nitrogen and oxygen atoms in total. The molecule has 0 saturated carbocycles. The van der Waals surface area contributed by atoms with Gasteiger partial charge >= 0.3 is 0 Å². The number of nitrogens with zero attached hydrogens (tertiary/aromatic N) is 2. The van der Waals surface area contributed by atoms with Gasteiger partial charge in [0.1, 0.15) is 0 Å². The van der Waals surface area contributed by atoms with Crippen molar-refractivity contribution in [2.24, 2.45) is 0 Å². The van der Waals surface area contributed by atoms with Crippen molar-refractivity contribution in [1.82, 2.24) is 10.2 Å². The van der Waals surface area contributed by atoms with E-state index in [0.717, 1.165) is 25.2 Å². The van der Waals surface area contributed by atoms with Gasteiger partial charge in [0.05, 0.1) is 4.92 Å². The van der Waals surface area contributed by atoms with Crippen LogP contribution in [0.1, 0.15) is 26.3 Å². The molecule has 0 saturated heterocycles. The molecule has 0 heterocycles. The summed E-state index contributed by atoms with van der Waals surface area (Å²) in [7, 11) is 0. The average molecular weight is 265 g/mol. The lowest BCUT2D eigenvalue weighted by Crippen LogP contribution is -2.38. The molecular weight excluding hydrogens is 242 g/mol. The van der Waals surface area contributed by atoms with Crippen LogP contribution in [0.15, 0.2) is 24.3 Å². The molecule has 0 bridgehead atoms. The van der Waals surface area contributed by atoms with E-state index in [1.807, 2.05) is 6.07 Å². The van der Waals surface area contributed by atoms with Crippen molar-refractivity contribution in [3.8, 4) is 0 Å². The Kier molecular flexibility index (Phi) is 6.45. The van der Waals surface area contributed by atoms with E-state index in [4.69, 9.17) is 0 Å². The number of benzene rings is 1. The van der Waals surface area contributed by atoms with E-state index in [1.165, 1.54) is 0 Å². The topological polar surface area (TPSA) is 58.4 Å². The van der Waals surface area contributed by atoms with E-state index in [0.29, 0.717) is 12.6 Å². The summed E-state index contributed by atoms with van der Waals surface area (Å²) in [6.45, 7) is 9.90. The molecule has 1 unspecified atom stereocenters. The molecule has 1 atom stereocenters. The fourth-order valence-corrected chi connectivity index (χ4v) is 2.06. The van der Waals surface area contributed by atoms with Crippen molar-refractivity contribution in [3.05, 3.63) is 39.9 Å². The maximum atomic E-state index is 10.9. The monoisotopic (exact) mass is 265 g/mol. The van der Waals surface area contributed by atoms with Gasteiger partial charge < -0.3 is 10.2 Å². The number of hydrogen-bond donors (Lipinski definition) is 1. The molecule has 0 radical (unpaired) electrons. The molecule has 106 valence electrons. The molecule has 0 aromatic heterocycles. The Morgan fingerprint density at radius 3 is 2.53 bits per heavy atom. The zero-order valence-electron chi connectivity index (χ0n) is 11.9. The highest BCUT2D eigenvalue weighted by molar-refractivity contribution is 5.39. The van der Waals surface area contributed by atoms with Gasteiger partial charge in [-0.3, -0.25) is 10.1 Å². The number of nitro benzene ring substituents is 1. The van der Waals surface area contributed by atoms with Gasteiger partial charge in [-0.25, -0.2) is 0 Å². The van der Waals surface area contributed by atoms with Crippen LogP contribution in [-0.2, 0) is 6.54 Å². The Balaban J connectivity index is 2.55. The molecule has 1 aromatic rings. The lowest BCUT2D eigenvalue weighted by atomic mass is 10.1. The maximum Gasteiger partial charge on any atom is 0.273 e. The standard InChI is InChI=1S/C14H23N3O2/c1-4-16(5-2)11-12(3)15-10-13-8-6-7-9-14(13)17(18)19/h6-9,12,15H,4-5,10-11H2,1-3H3. The van der Waals surface area contributed by atoms with Crippen molar-refractivity contribution in [1.29, 1.82) is 0 Å². The molecule has 0 aliphatic carbocycles. The van der Waals surface area contributed by atoms with Gasteiger partial charge in [0.25, 0.3) is 5.69 Å². The summed E-state index contributed by atoms with van der Waals surface area (Å²) in [4.78, 5) is 12.9. The highest BCUT2D eigenvalue weighted by Gasteiger charge is 2.13. The molecular formula is C14H23N3O2. The van der Waals surface area contributed by atoms with Gasteiger partial charge in [0.2, 0.25) is 0 Å². The minimum absolute atomic E-state index is 0.185. The molecule has 1 aromatic carbocycles. The Hall–Kier alpha value is -1.46. The first-order chi connectivity index (χ1) is 9.08. The highest BCUT2D eigenvalue weighted by Crippen LogP contribution is 2.17. The Bertz CT molecular complexity index is 405. The van der Waals surface area contributed by atoms with Crippen molar-refractivity contribution in [2.45, 2.75) is 33.4 Å². The second-order valence-electron chi connectivity index (χ2n) is 4.65. The van der Waals surface area contributed by atoms with Crippen molar-refractivity contribution in [3.63, 3.8) is 0 Å². The average Bonchev–Trinajstić information content (AvgIpc) is 2.42. The van der Waals surface area contributed by atoms with E-state index in [9.17, 15) is 10.1 Å². The number of nitrogens with one attached hydrogen (secondary N) is 1. The Morgan fingerprint density at radius 2 is 1.95 bits per heavy atom. The molecule has 5 heteroatoms. The second kappa shape index (κ2) is 7.86. The fourth-order valence-electron chi connectivity index (χ4n) is 2.06. The summed E-state index contributed by atoms with van der Waals surface area (Å²) < 4.78 is 0. The van der Waals surface area contributed by atoms with Crippen LogP contribution in [0, 0.1) is 10.1 Å². The molecule has 0 spiro atoms. The van der Waals surface area contributed by atoms with Crippen LogP contribution in [0.25, 0.3) is 0 Å². The van der Waals surface area contributed by atoms with Crippen molar-refractivity contribution < 1.29 is 4.92 Å². The van der Waals surface area contributed by atoms with Crippen LogP contribution < -0.4 is 5.32 Å². The number of rotatable bonds is 8. The normalized spacial score (nSPS) is 12.6. The van der Waals surface area contributed by atoms with E-state index < -0.39 is 0 Å². The van der Waals surface area contributed by atoms with Crippen LogP contribution in [0.2, 0.25) is 0 Å². The molecule has 0 amide bonds. The third-order valence-corrected chi connectivity index (χ3v) is 3.26. The zero-order valence-corrected chi connectivity index (χ0v) is 11.9. The summed E-state index contributed by atoms with van der Waals surface area (Å²) >= 11 is 0. The van der Waals surface area contributed by atoms with E-state index >= 15 is 0 Å². The van der Waals surface area contributed by atoms with Gasteiger partial charge in [-0.15, -0.1) is 0 Å². The smallest absolute Gasteiger partial charge is 0.273 e. The largest absolute Gasteiger partial charge is 0.309 e. The summed E-state index contributed by atoms with van der Waals surface area (Å²) in [5.41, 5.74) is 0.920. The molecule has 0 aliphatic rings. The zero-order chi connectivity index (χ0) is 14.3. The first-order valence-corrected chi connectivity index (χ1v) is 6.76. The summed E-state index contributed by atoms with van der Waals surface area (Å²) in [5.74, 6) is 0. The number of nitro groups is 1. The Labute approximate surface area is 114 Å². The van der Waals surface area contributed by atoms with E-state index in [-0.39, 0.29) is 10.6 Å². The van der Waals surface area contributed by atoms with Gasteiger partial charge in [-0.1, -0.05) is 32.0 Å². The quantitative estimate of drug-likeness (QED) is 0.579. The Morgan fingerprint density at radius 1 is 1.32 bits per heavy atom. The van der Waals surface area contributed by atoms with Crippen LogP contribution in [-0.4, -0.2) is 35.5 Å². The minimum atomic E-state index is -0.327. The molecule has 0 aliphatic heterocycles. The predicted molar refractivity (Wildman–Crippen MR) is 77.2 cm³/mol. The minimum Gasteiger partial charge on any atom is -0.309 e. The van der Waals surface area contributed by atoms with Crippen molar-refractivity contribution in [2.75, 3.05) is 19.6 Å². The third kappa shape index (κ3) is 4.96. The van der Waals surface area contributed by atoms with Gasteiger partial charge in [0.15, 0.2) is 0 Å². The molecule has 1 rings (SSSR count). The number of hydrogen-bond acceptors (Lipinski definition) is 4. The summed E-state index contributed by atoms with van der Waals surface area (Å²) in [5, 5.41) is 14.3. The van der Waals surface area contributed by atoms with E-state index in [2.05, 4.69) is 31.0 Å². The predicted octanol–water partition coefficient (Wildman–Crippen LogP) is 2.41. The first-order valence-electron chi connectivity index (χ1n) is 6.76. The van der Waals surface area contributed by atoms with E-state index in [1.54, 1.807) is 18.2 Å². The van der Waals surface area contributed by atoms with Crippen molar-refractivity contribution >= 4 is 5.69 Å². The summed E-state index contributed by atoms with van der Waals surface area (Å²) in [6, 6.07) is 7.18.